The van der Waals surface area contributed by atoms with E-state index < -0.39 is 0 Å². The summed E-state index contributed by atoms with van der Waals surface area (Å²) in [7, 11) is 0. The molecule has 0 fully saturated rings. The summed E-state index contributed by atoms with van der Waals surface area (Å²) in [5, 5.41) is 3.71. The number of hydrogen-bond donors (Lipinski definition) is 2. The standard InChI is InChI=1S/C18H16ClN5O2/c19-11-4-2-10(3-5-11)16-22-17(20)23-18-21-12-8-14-15(9-13(12)24(16)18)26-7-1-6-25-14/h2-5,8-9,16H,1,6-7H2,(H3,20,21,22,23)/t16-/m1/s1. The number of rotatable bonds is 1. The van der Waals surface area contributed by atoms with E-state index in [1.54, 1.807) is 0 Å². The molecule has 7 nitrogen and oxygen atoms in total. The van der Waals surface area contributed by atoms with Gasteiger partial charge in [0.05, 0.1) is 24.2 Å². The number of fused-ring (bicyclic) bond motifs is 4. The summed E-state index contributed by atoms with van der Waals surface area (Å²) in [6, 6.07) is 11.4. The number of nitrogens with zero attached hydrogens (tertiary/aromatic N) is 3. The van der Waals surface area contributed by atoms with E-state index in [1.165, 1.54) is 0 Å². The monoisotopic (exact) mass is 369 g/mol. The van der Waals surface area contributed by atoms with Gasteiger partial charge in [0.15, 0.2) is 23.6 Å². The minimum atomic E-state index is -0.335. The van der Waals surface area contributed by atoms with Gasteiger partial charge in [-0.1, -0.05) is 23.7 Å². The molecule has 8 heteroatoms. The maximum Gasteiger partial charge on any atom is 0.212 e. The summed E-state index contributed by atoms with van der Waals surface area (Å²) in [5.74, 6) is 2.38. The molecule has 3 heterocycles. The van der Waals surface area contributed by atoms with Gasteiger partial charge in [0.2, 0.25) is 5.95 Å². The number of nitrogens with two attached hydrogens (primary N) is 1. The number of aliphatic imine (C=N–C) groups is 1. The molecule has 0 unspecified atom stereocenters. The Balaban J connectivity index is 1.70. The molecule has 0 aliphatic carbocycles. The largest absolute Gasteiger partial charge is 0.489 e. The molecule has 1 aromatic heterocycles. The molecule has 0 saturated heterocycles. The molecule has 3 aromatic rings. The van der Waals surface area contributed by atoms with Crippen LogP contribution in [0.3, 0.4) is 0 Å². The van der Waals surface area contributed by atoms with E-state index in [9.17, 15) is 0 Å². The second-order valence-electron chi connectivity index (χ2n) is 6.21. The summed E-state index contributed by atoms with van der Waals surface area (Å²) in [4.78, 5) is 9.23. The van der Waals surface area contributed by atoms with Crippen LogP contribution in [0.2, 0.25) is 5.02 Å². The van der Waals surface area contributed by atoms with Gasteiger partial charge in [0.25, 0.3) is 0 Å². The number of nitrogens with one attached hydrogen (secondary N) is 1. The Kier molecular flexibility index (Phi) is 3.43. The Morgan fingerprint density at radius 3 is 2.62 bits per heavy atom. The molecule has 2 aliphatic heterocycles. The van der Waals surface area contributed by atoms with Crippen molar-refractivity contribution in [2.75, 3.05) is 18.5 Å². The number of ether oxygens (including phenoxy) is 2. The van der Waals surface area contributed by atoms with E-state index in [1.807, 2.05) is 41.0 Å². The van der Waals surface area contributed by atoms with Crippen molar-refractivity contribution in [3.63, 3.8) is 0 Å². The van der Waals surface area contributed by atoms with Crippen LogP contribution in [-0.4, -0.2) is 28.7 Å². The van der Waals surface area contributed by atoms with E-state index in [2.05, 4.69) is 15.3 Å². The summed E-state index contributed by atoms with van der Waals surface area (Å²) < 4.78 is 13.6. The van der Waals surface area contributed by atoms with Crippen molar-refractivity contribution >= 4 is 34.5 Å². The number of anilines is 1. The summed E-state index contributed by atoms with van der Waals surface area (Å²) in [6.07, 6.45) is 0.520. The van der Waals surface area contributed by atoms with Gasteiger partial charge in [-0.15, -0.1) is 0 Å². The molecule has 1 atom stereocenters. The molecular weight excluding hydrogens is 354 g/mol. The van der Waals surface area contributed by atoms with Gasteiger partial charge >= 0.3 is 0 Å². The van der Waals surface area contributed by atoms with Gasteiger partial charge < -0.3 is 15.2 Å². The Morgan fingerprint density at radius 1 is 1.12 bits per heavy atom. The molecule has 2 aromatic carbocycles. The van der Waals surface area contributed by atoms with Crippen molar-refractivity contribution in [3.8, 4) is 11.5 Å². The highest BCUT2D eigenvalue weighted by Crippen LogP contribution is 2.39. The Hall–Kier alpha value is -2.93. The predicted molar refractivity (Wildman–Crippen MR) is 100 cm³/mol. The van der Waals surface area contributed by atoms with Crippen molar-refractivity contribution in [3.05, 3.63) is 47.0 Å². The zero-order valence-electron chi connectivity index (χ0n) is 13.8. The molecule has 0 radical (unpaired) electrons. The van der Waals surface area contributed by atoms with Crippen molar-refractivity contribution in [1.29, 1.82) is 0 Å². The number of imidazole rings is 1. The van der Waals surface area contributed by atoms with Crippen LogP contribution in [0, 0.1) is 0 Å². The first-order valence-electron chi connectivity index (χ1n) is 8.36. The first-order chi connectivity index (χ1) is 12.7. The molecule has 0 amide bonds. The lowest BCUT2D eigenvalue weighted by atomic mass is 10.1. The average molecular weight is 370 g/mol. The fourth-order valence-corrected chi connectivity index (χ4v) is 3.41. The van der Waals surface area contributed by atoms with Crippen LogP contribution in [0.1, 0.15) is 18.2 Å². The fourth-order valence-electron chi connectivity index (χ4n) is 3.28. The number of benzene rings is 2. The minimum Gasteiger partial charge on any atom is -0.489 e. The van der Waals surface area contributed by atoms with Gasteiger partial charge in [0, 0.05) is 23.6 Å². The van der Waals surface area contributed by atoms with Crippen molar-refractivity contribution in [1.82, 2.24) is 9.55 Å². The maximum atomic E-state index is 6.03. The number of guanidine groups is 1. The number of halogens is 1. The van der Waals surface area contributed by atoms with E-state index in [0.29, 0.717) is 35.9 Å². The summed E-state index contributed by atoms with van der Waals surface area (Å²) in [6.45, 7) is 1.26. The maximum absolute atomic E-state index is 6.03. The highest BCUT2D eigenvalue weighted by Gasteiger charge is 2.26. The number of hydrogen-bond acceptors (Lipinski definition) is 6. The van der Waals surface area contributed by atoms with Crippen LogP contribution in [0.5, 0.6) is 11.5 Å². The lowest BCUT2D eigenvalue weighted by molar-refractivity contribution is 0.297. The van der Waals surface area contributed by atoms with Gasteiger partial charge in [0.1, 0.15) is 0 Å². The molecule has 0 saturated carbocycles. The highest BCUT2D eigenvalue weighted by atomic mass is 35.5. The lowest BCUT2D eigenvalue weighted by Crippen LogP contribution is -2.31. The van der Waals surface area contributed by atoms with E-state index in [4.69, 9.17) is 26.8 Å². The average Bonchev–Trinajstić information content (AvgIpc) is 2.81. The smallest absolute Gasteiger partial charge is 0.212 e. The quantitative estimate of drug-likeness (QED) is 0.688. The van der Waals surface area contributed by atoms with Crippen LogP contribution in [-0.2, 0) is 0 Å². The minimum absolute atomic E-state index is 0.321. The van der Waals surface area contributed by atoms with E-state index in [0.717, 1.165) is 28.8 Å². The second-order valence-corrected chi connectivity index (χ2v) is 6.64. The van der Waals surface area contributed by atoms with Gasteiger partial charge in [-0.2, -0.15) is 0 Å². The van der Waals surface area contributed by atoms with Crippen LogP contribution < -0.4 is 20.5 Å². The summed E-state index contributed by atoms with van der Waals surface area (Å²) >= 11 is 6.03. The lowest BCUT2D eigenvalue weighted by Gasteiger charge is -2.24. The third kappa shape index (κ3) is 2.43. The third-order valence-electron chi connectivity index (χ3n) is 4.47. The first kappa shape index (κ1) is 15.3. The van der Waals surface area contributed by atoms with Gasteiger partial charge in [-0.25, -0.2) is 9.98 Å². The van der Waals surface area contributed by atoms with Crippen LogP contribution in [0.15, 0.2) is 41.4 Å². The van der Waals surface area contributed by atoms with Gasteiger partial charge in [-0.3, -0.25) is 9.88 Å². The van der Waals surface area contributed by atoms with E-state index in [-0.39, 0.29) is 6.17 Å². The molecule has 5 rings (SSSR count). The Labute approximate surface area is 154 Å². The van der Waals surface area contributed by atoms with Crippen LogP contribution in [0.4, 0.5) is 5.95 Å². The molecule has 3 N–H and O–H groups in total. The third-order valence-corrected chi connectivity index (χ3v) is 4.72. The second kappa shape index (κ2) is 5.81. The molecule has 0 spiro atoms. The Morgan fingerprint density at radius 2 is 1.85 bits per heavy atom. The van der Waals surface area contributed by atoms with Crippen molar-refractivity contribution in [2.24, 2.45) is 10.7 Å². The topological polar surface area (TPSA) is 86.7 Å². The fraction of sp³-hybridized carbons (Fsp3) is 0.222. The van der Waals surface area contributed by atoms with Gasteiger partial charge in [-0.05, 0) is 17.7 Å². The molecule has 0 bridgehead atoms. The molecule has 2 aliphatic rings. The van der Waals surface area contributed by atoms with E-state index >= 15 is 0 Å². The first-order valence-corrected chi connectivity index (χ1v) is 8.74. The number of aromatic nitrogens is 2. The molecule has 26 heavy (non-hydrogen) atoms. The highest BCUT2D eigenvalue weighted by molar-refractivity contribution is 6.30. The van der Waals surface area contributed by atoms with Crippen LogP contribution >= 0.6 is 11.6 Å². The van der Waals surface area contributed by atoms with Crippen molar-refractivity contribution < 1.29 is 9.47 Å². The zero-order valence-corrected chi connectivity index (χ0v) is 14.5. The Bertz CT molecular complexity index is 1030. The molecular formula is C18H16ClN5O2. The summed E-state index contributed by atoms with van der Waals surface area (Å²) in [5.41, 5.74) is 8.63. The zero-order chi connectivity index (χ0) is 17.7. The molecule has 132 valence electrons. The van der Waals surface area contributed by atoms with Crippen molar-refractivity contribution in [2.45, 2.75) is 12.6 Å². The normalized spacial score (nSPS) is 18.7. The van der Waals surface area contributed by atoms with Crippen LogP contribution in [0.25, 0.3) is 11.0 Å². The SMILES string of the molecule is NC1=N[C@@H](c2ccc(Cl)cc2)n2c(nc3cc4c(cc32)OCCCO4)N1. The predicted octanol–water partition coefficient (Wildman–Crippen LogP) is 3.14.